The molecule has 5 nitrogen and oxygen atoms in total. The van der Waals surface area contributed by atoms with Gasteiger partial charge in [-0.2, -0.15) is 0 Å². The molecule has 3 aliphatic rings. The Kier molecular flexibility index (Phi) is 5.98. The second-order valence-corrected chi connectivity index (χ2v) is 16.6. The van der Waals surface area contributed by atoms with Crippen LogP contribution < -0.4 is 30.5 Å². The Morgan fingerprint density at radius 3 is 1.50 bits per heavy atom. The maximum Gasteiger partial charge on any atom is 0.186 e. The summed E-state index contributed by atoms with van der Waals surface area (Å²) in [6, 6.07) is 63.5. The number of nitrogens with zero attached hydrogens (tertiary/aromatic N) is 3. The molecule has 0 amide bonds. The van der Waals surface area contributed by atoms with Gasteiger partial charge in [0, 0.05) is 27.8 Å². The van der Waals surface area contributed by atoms with E-state index in [9.17, 15) is 0 Å². The molecule has 12 rings (SSSR count). The second-order valence-electron chi connectivity index (χ2n) is 14.1. The number of rotatable bonds is 4. The minimum atomic E-state index is -3.43. The summed E-state index contributed by atoms with van der Waals surface area (Å²) in [5.41, 5.74) is 11.1. The molecular weight excluding hydrogens is 682 g/mol. The lowest BCUT2D eigenvalue weighted by molar-refractivity contribution is 0.485. The predicted octanol–water partition coefficient (Wildman–Crippen LogP) is 11.8. The quantitative estimate of drug-likeness (QED) is 0.170. The van der Waals surface area contributed by atoms with Crippen molar-refractivity contribution in [1.29, 1.82) is 0 Å². The Bertz CT molecular complexity index is 2940. The summed E-state index contributed by atoms with van der Waals surface area (Å²) in [5.74, 6) is 1.30. The Hall–Kier alpha value is -6.81. The Morgan fingerprint density at radius 1 is 0.389 bits per heavy atom. The number of hydrogen-bond acceptors (Lipinski definition) is 4. The first kappa shape index (κ1) is 29.7. The molecule has 0 fully saturated rings. The standard InChI is InChI=1S/C48H30N3O2P/c52-54-46-42-29-32(31-26-27-37-36-20-10-11-21-38(36)49(41(37)28-31)33-14-4-1-5-15-33)30-43(46)51(35-18-8-3-9-19-35)40-23-13-25-45(48(40)54)53-44-24-12-22-39(47(44)54)50(42)34-16-6-2-7-17-34/h1-30H. The van der Waals surface area contributed by atoms with Crippen LogP contribution in [0.1, 0.15) is 0 Å². The van der Waals surface area contributed by atoms with Gasteiger partial charge in [0.2, 0.25) is 0 Å². The van der Waals surface area contributed by atoms with Crippen molar-refractivity contribution in [3.05, 3.63) is 182 Å². The third-order valence-electron chi connectivity index (χ3n) is 11.2. The molecule has 0 bridgehead atoms. The summed E-state index contributed by atoms with van der Waals surface area (Å²) in [5, 5.41) is 4.77. The van der Waals surface area contributed by atoms with Crippen LogP contribution in [0.3, 0.4) is 0 Å². The van der Waals surface area contributed by atoms with Gasteiger partial charge in [0.05, 0.1) is 49.7 Å². The summed E-state index contributed by atoms with van der Waals surface area (Å²) in [4.78, 5) is 4.56. The third-order valence-corrected chi connectivity index (χ3v) is 14.5. The van der Waals surface area contributed by atoms with Crippen LogP contribution in [0.4, 0.5) is 34.1 Å². The number of para-hydroxylation sites is 4. The Labute approximate surface area is 311 Å². The summed E-state index contributed by atoms with van der Waals surface area (Å²) in [7, 11) is -3.43. The van der Waals surface area contributed by atoms with E-state index in [4.69, 9.17) is 4.74 Å². The molecule has 0 atom stereocenters. The van der Waals surface area contributed by atoms with Crippen molar-refractivity contribution in [3.63, 3.8) is 0 Å². The molecule has 0 radical (unpaired) electrons. The second kappa shape index (κ2) is 10.9. The molecule has 9 aromatic rings. The highest BCUT2D eigenvalue weighted by Crippen LogP contribution is 2.66. The molecule has 0 N–H and O–H groups in total. The van der Waals surface area contributed by atoms with Crippen LogP contribution in [0.2, 0.25) is 0 Å². The van der Waals surface area contributed by atoms with Gasteiger partial charge in [-0.3, -0.25) is 0 Å². The van der Waals surface area contributed by atoms with E-state index in [0.717, 1.165) is 72.4 Å². The van der Waals surface area contributed by atoms with Crippen molar-refractivity contribution in [2.24, 2.45) is 0 Å². The van der Waals surface area contributed by atoms with Gasteiger partial charge in [-0.25, -0.2) is 0 Å². The van der Waals surface area contributed by atoms with E-state index in [1.54, 1.807) is 0 Å². The van der Waals surface area contributed by atoms with Crippen LogP contribution in [0.25, 0.3) is 38.6 Å². The summed E-state index contributed by atoms with van der Waals surface area (Å²) >= 11 is 0. The number of anilines is 6. The minimum absolute atomic E-state index is 0.648. The predicted molar refractivity (Wildman–Crippen MR) is 222 cm³/mol. The lowest BCUT2D eigenvalue weighted by atomic mass is 9.99. The molecule has 3 aliphatic heterocycles. The SMILES string of the molecule is O=P12c3c4cccc3N(c3ccccc3)c3cc(-c5ccc6c7ccccc7n(-c7ccccc7)c6c5)cc(c31)N(c1ccccc1)c1cccc(c12)O4. The number of ether oxygens (including phenoxy) is 1. The van der Waals surface area contributed by atoms with Gasteiger partial charge in [-0.05, 0) is 96.1 Å². The summed E-state index contributed by atoms with van der Waals surface area (Å²) < 4.78 is 25.6. The molecule has 0 aliphatic carbocycles. The van der Waals surface area contributed by atoms with Gasteiger partial charge >= 0.3 is 0 Å². The third kappa shape index (κ3) is 3.86. The molecule has 4 heterocycles. The molecule has 54 heavy (non-hydrogen) atoms. The number of hydrogen-bond donors (Lipinski definition) is 0. The van der Waals surface area contributed by atoms with E-state index in [1.165, 1.54) is 16.3 Å². The monoisotopic (exact) mass is 711 g/mol. The van der Waals surface area contributed by atoms with Gasteiger partial charge in [0.1, 0.15) is 11.5 Å². The van der Waals surface area contributed by atoms with Gasteiger partial charge in [0.15, 0.2) is 7.14 Å². The molecule has 0 saturated heterocycles. The van der Waals surface area contributed by atoms with Crippen molar-refractivity contribution in [2.75, 3.05) is 9.80 Å². The highest BCUT2D eigenvalue weighted by Gasteiger charge is 2.53. The Balaban J connectivity index is 1.21. The van der Waals surface area contributed by atoms with Crippen LogP contribution in [0.15, 0.2) is 182 Å². The van der Waals surface area contributed by atoms with Crippen LogP contribution in [0.5, 0.6) is 11.5 Å². The van der Waals surface area contributed by atoms with Crippen molar-refractivity contribution in [2.45, 2.75) is 0 Å². The highest BCUT2D eigenvalue weighted by molar-refractivity contribution is 7.87. The lowest BCUT2D eigenvalue weighted by Gasteiger charge is -2.47. The van der Waals surface area contributed by atoms with E-state index in [2.05, 4.69) is 160 Å². The molecule has 0 spiro atoms. The lowest BCUT2D eigenvalue weighted by Crippen LogP contribution is -2.45. The van der Waals surface area contributed by atoms with E-state index < -0.39 is 7.14 Å². The van der Waals surface area contributed by atoms with Crippen molar-refractivity contribution in [1.82, 2.24) is 4.57 Å². The van der Waals surface area contributed by atoms with E-state index in [1.807, 2.05) is 36.4 Å². The highest BCUT2D eigenvalue weighted by atomic mass is 31.2. The Morgan fingerprint density at radius 2 is 0.907 bits per heavy atom. The van der Waals surface area contributed by atoms with Crippen LogP contribution in [-0.2, 0) is 4.57 Å². The molecule has 8 aromatic carbocycles. The van der Waals surface area contributed by atoms with Gasteiger partial charge in [-0.1, -0.05) is 97.1 Å². The molecular formula is C48H30N3O2P. The van der Waals surface area contributed by atoms with E-state index >= 15 is 4.57 Å². The zero-order valence-corrected chi connectivity index (χ0v) is 29.8. The average molecular weight is 712 g/mol. The first-order valence-electron chi connectivity index (χ1n) is 18.2. The maximum absolute atomic E-state index is 16.5. The minimum Gasteiger partial charge on any atom is -0.456 e. The van der Waals surface area contributed by atoms with Crippen LogP contribution in [-0.4, -0.2) is 4.57 Å². The first-order valence-corrected chi connectivity index (χ1v) is 19.9. The molecule has 1 aromatic heterocycles. The van der Waals surface area contributed by atoms with E-state index in [0.29, 0.717) is 11.5 Å². The van der Waals surface area contributed by atoms with Gasteiger partial charge in [0.25, 0.3) is 0 Å². The van der Waals surface area contributed by atoms with Gasteiger partial charge < -0.3 is 23.7 Å². The van der Waals surface area contributed by atoms with Gasteiger partial charge in [-0.15, -0.1) is 0 Å². The molecule has 0 unspecified atom stereocenters. The van der Waals surface area contributed by atoms with Crippen molar-refractivity contribution < 1.29 is 9.30 Å². The van der Waals surface area contributed by atoms with Crippen LogP contribution in [0, 0.1) is 0 Å². The zero-order chi connectivity index (χ0) is 35.5. The molecule has 6 heteroatoms. The van der Waals surface area contributed by atoms with Crippen molar-refractivity contribution in [3.8, 4) is 28.3 Å². The number of fused-ring (bicyclic) bond motifs is 3. The molecule has 0 saturated carbocycles. The number of aromatic nitrogens is 1. The fourth-order valence-electron chi connectivity index (χ4n) is 9.04. The van der Waals surface area contributed by atoms with E-state index in [-0.39, 0.29) is 0 Å². The average Bonchev–Trinajstić information content (AvgIpc) is 3.55. The van der Waals surface area contributed by atoms with Crippen molar-refractivity contribution >= 4 is 79.0 Å². The normalized spacial score (nSPS) is 14.2. The topological polar surface area (TPSA) is 37.7 Å². The summed E-state index contributed by atoms with van der Waals surface area (Å²) in [6.45, 7) is 0. The maximum atomic E-state index is 16.5. The molecule has 254 valence electrons. The first-order chi connectivity index (χ1) is 26.7. The fourth-order valence-corrected chi connectivity index (χ4v) is 12.5. The fraction of sp³-hybridized carbons (Fsp3) is 0. The van der Waals surface area contributed by atoms with Crippen LogP contribution >= 0.6 is 7.14 Å². The largest absolute Gasteiger partial charge is 0.456 e. The number of benzene rings is 8. The summed E-state index contributed by atoms with van der Waals surface area (Å²) in [6.07, 6.45) is 0. The smallest absolute Gasteiger partial charge is 0.186 e. The zero-order valence-electron chi connectivity index (χ0n) is 28.9.